The molecule has 1 aliphatic rings. The molecule has 0 spiro atoms. The van der Waals surface area contributed by atoms with Crippen LogP contribution in [-0.2, 0) is 17.8 Å². The smallest absolute Gasteiger partial charge is 0.315 e. The first-order valence-electron chi connectivity index (χ1n) is 14.8. The summed E-state index contributed by atoms with van der Waals surface area (Å²) in [5.41, 5.74) is 1.24. The molecule has 3 aromatic rings. The third kappa shape index (κ3) is 11.7. The molecule has 4 N–H and O–H groups in total. The van der Waals surface area contributed by atoms with Crippen LogP contribution in [0, 0.1) is 11.6 Å². The number of amides is 3. The molecule has 3 amide bonds. The Balaban J connectivity index is 1.19. The van der Waals surface area contributed by atoms with Crippen molar-refractivity contribution in [2.75, 3.05) is 45.6 Å². The van der Waals surface area contributed by atoms with Crippen molar-refractivity contribution in [2.45, 2.75) is 38.3 Å². The van der Waals surface area contributed by atoms with E-state index in [1.54, 1.807) is 24.4 Å². The number of halogens is 2. The molecule has 13 heteroatoms. The lowest BCUT2D eigenvalue weighted by molar-refractivity contribution is -0.119. The van der Waals surface area contributed by atoms with Crippen molar-refractivity contribution in [3.05, 3.63) is 83.7 Å². The summed E-state index contributed by atoms with van der Waals surface area (Å²) >= 11 is 5.13. The average Bonchev–Trinajstić information content (AvgIpc) is 2.99. The molecule has 0 bridgehead atoms. The van der Waals surface area contributed by atoms with Gasteiger partial charge in [0.1, 0.15) is 23.1 Å². The molecule has 0 atom stereocenters. The van der Waals surface area contributed by atoms with Crippen LogP contribution in [0.5, 0.6) is 11.5 Å². The highest BCUT2D eigenvalue weighted by molar-refractivity contribution is 7.80. The van der Waals surface area contributed by atoms with Gasteiger partial charge in [-0.2, -0.15) is 0 Å². The van der Waals surface area contributed by atoms with Crippen LogP contribution in [0.4, 0.5) is 19.3 Å². The van der Waals surface area contributed by atoms with Gasteiger partial charge in [-0.05, 0) is 94.6 Å². The molecule has 45 heavy (non-hydrogen) atoms. The van der Waals surface area contributed by atoms with Crippen molar-refractivity contribution < 1.29 is 23.1 Å². The van der Waals surface area contributed by atoms with Crippen molar-refractivity contribution in [1.29, 1.82) is 0 Å². The number of anilines is 1. The highest BCUT2D eigenvalue weighted by Crippen LogP contribution is 2.26. The molecule has 10 nitrogen and oxygen atoms in total. The number of thiocarbonyl (C=S) groups is 1. The second-order valence-electron chi connectivity index (χ2n) is 11.1. The van der Waals surface area contributed by atoms with E-state index in [0.29, 0.717) is 17.0 Å². The van der Waals surface area contributed by atoms with Gasteiger partial charge in [0.05, 0.1) is 24.3 Å². The Morgan fingerprint density at radius 1 is 1.04 bits per heavy atom. The molecule has 240 valence electrons. The number of benzene rings is 2. The van der Waals surface area contributed by atoms with Gasteiger partial charge in [0.2, 0.25) is 5.91 Å². The molecule has 0 aliphatic carbocycles. The largest absolute Gasteiger partial charge is 0.457 e. The fraction of sp³-hybridized carbons (Fsp3) is 0.375. The van der Waals surface area contributed by atoms with E-state index in [1.807, 2.05) is 0 Å². The predicted octanol–water partition coefficient (Wildman–Crippen LogP) is 4.42. The topological polar surface area (TPSA) is 111 Å². The molecule has 2 aromatic carbocycles. The van der Waals surface area contributed by atoms with Crippen LogP contribution in [0.2, 0.25) is 0 Å². The number of hydrogen-bond acceptors (Lipinski definition) is 7. The minimum atomic E-state index is -0.644. The number of piperidine rings is 1. The summed E-state index contributed by atoms with van der Waals surface area (Å²) in [4.78, 5) is 33.6. The zero-order valence-corrected chi connectivity index (χ0v) is 26.3. The fourth-order valence-electron chi connectivity index (χ4n) is 4.84. The van der Waals surface area contributed by atoms with Crippen molar-refractivity contribution >= 4 is 35.0 Å². The third-order valence-corrected chi connectivity index (χ3v) is 7.38. The van der Waals surface area contributed by atoms with Gasteiger partial charge >= 0.3 is 6.03 Å². The van der Waals surface area contributed by atoms with Crippen LogP contribution in [0.3, 0.4) is 0 Å². The molecule has 1 aromatic heterocycles. The number of hydrogen-bond donors (Lipinski definition) is 4. The minimum Gasteiger partial charge on any atom is -0.457 e. The van der Waals surface area contributed by atoms with Crippen LogP contribution in [0.15, 0.2) is 60.8 Å². The number of likely N-dealkylation sites (tertiary alicyclic amines) is 1. The second-order valence-corrected chi connectivity index (χ2v) is 11.5. The summed E-state index contributed by atoms with van der Waals surface area (Å²) in [6, 6.07) is 12.9. The molecule has 1 aliphatic heterocycles. The predicted molar refractivity (Wildman–Crippen MR) is 173 cm³/mol. The van der Waals surface area contributed by atoms with E-state index >= 15 is 0 Å². The average molecular weight is 640 g/mol. The maximum atomic E-state index is 14.8. The Kier molecular flexibility index (Phi) is 12.5. The maximum Gasteiger partial charge on any atom is 0.315 e. The van der Waals surface area contributed by atoms with Crippen molar-refractivity contribution in [1.82, 2.24) is 30.7 Å². The number of nitrogens with one attached hydrogen (secondary N) is 4. The van der Waals surface area contributed by atoms with Gasteiger partial charge in [0.15, 0.2) is 5.11 Å². The molecule has 2 heterocycles. The monoisotopic (exact) mass is 639 g/mol. The first-order valence-corrected chi connectivity index (χ1v) is 15.2. The molecule has 0 radical (unpaired) electrons. The van der Waals surface area contributed by atoms with Gasteiger partial charge in [-0.25, -0.2) is 13.6 Å². The summed E-state index contributed by atoms with van der Waals surface area (Å²) in [7, 11) is 4.16. The molecule has 1 fully saturated rings. The molecule has 1 saturated heterocycles. The zero-order chi connectivity index (χ0) is 32.2. The summed E-state index contributed by atoms with van der Waals surface area (Å²) < 4.78 is 33.7. The lowest BCUT2D eigenvalue weighted by Crippen LogP contribution is -2.48. The molecular weight excluding hydrogens is 600 g/mol. The summed E-state index contributed by atoms with van der Waals surface area (Å²) in [5.74, 6) is -0.803. The number of aromatic nitrogens is 1. The number of ether oxygens (including phenoxy) is 1. The number of nitrogens with zero attached hydrogens (tertiary/aromatic N) is 3. The highest BCUT2D eigenvalue weighted by atomic mass is 32.1. The van der Waals surface area contributed by atoms with E-state index in [-0.39, 0.29) is 41.6 Å². The zero-order valence-electron chi connectivity index (χ0n) is 25.4. The highest BCUT2D eigenvalue weighted by Gasteiger charge is 2.20. The van der Waals surface area contributed by atoms with E-state index in [4.69, 9.17) is 17.0 Å². The third-order valence-electron chi connectivity index (χ3n) is 7.18. The molecule has 0 unspecified atom stereocenters. The Hall–Kier alpha value is -4.20. The number of carbonyl (C=O) groups is 2. The fourth-order valence-corrected chi connectivity index (χ4v) is 5.07. The number of pyridine rings is 1. The Bertz CT molecular complexity index is 1450. The van der Waals surface area contributed by atoms with Gasteiger partial charge in [-0.15, -0.1) is 0 Å². The van der Waals surface area contributed by atoms with Crippen LogP contribution in [-0.4, -0.2) is 78.2 Å². The first-order chi connectivity index (χ1) is 21.6. The van der Waals surface area contributed by atoms with Crippen LogP contribution >= 0.6 is 12.2 Å². The Morgan fingerprint density at radius 2 is 1.78 bits per heavy atom. The summed E-state index contributed by atoms with van der Waals surface area (Å²) in [6.45, 7) is 4.29. The lowest BCUT2D eigenvalue weighted by Gasteiger charge is -2.32. The van der Waals surface area contributed by atoms with E-state index < -0.39 is 17.5 Å². The van der Waals surface area contributed by atoms with E-state index in [0.717, 1.165) is 45.4 Å². The van der Waals surface area contributed by atoms with E-state index in [2.05, 4.69) is 50.1 Å². The van der Waals surface area contributed by atoms with Crippen LogP contribution < -0.4 is 26.0 Å². The van der Waals surface area contributed by atoms with Crippen LogP contribution in [0.1, 0.15) is 30.5 Å². The Morgan fingerprint density at radius 3 is 2.49 bits per heavy atom. The standard InChI is InChI=1S/C32H39F2N7O3S/c1-40(2)14-3-15-41-16-11-24(12-17-41)37-31(43)36-21-25-19-27(10-13-35-25)44-26-8-9-29(28(34)20-26)38-32(45)39-30(42)18-22-4-6-23(33)7-5-22/h4-10,13,19-20,24H,3,11-12,14-18,21H2,1-2H3,(H2,36,37,43)(H2,38,39,42,45). The van der Waals surface area contributed by atoms with Gasteiger partial charge in [0, 0.05) is 37.5 Å². The normalized spacial score (nSPS) is 13.7. The Labute approximate surface area is 267 Å². The van der Waals surface area contributed by atoms with Crippen molar-refractivity contribution in [3.8, 4) is 11.5 Å². The van der Waals surface area contributed by atoms with Gasteiger partial charge < -0.3 is 35.8 Å². The molecular formula is C32H39F2N7O3S. The number of urea groups is 1. The minimum absolute atomic E-state index is 0.0114. The lowest BCUT2D eigenvalue weighted by atomic mass is 10.1. The van der Waals surface area contributed by atoms with Gasteiger partial charge in [-0.1, -0.05) is 12.1 Å². The SMILES string of the molecule is CN(C)CCCN1CCC(NC(=O)NCc2cc(Oc3ccc(NC(=S)NC(=O)Cc4ccc(F)cc4)c(F)c3)ccn2)CC1. The van der Waals surface area contributed by atoms with Crippen molar-refractivity contribution in [2.24, 2.45) is 0 Å². The van der Waals surface area contributed by atoms with E-state index in [1.165, 1.54) is 36.4 Å². The number of rotatable bonds is 12. The van der Waals surface area contributed by atoms with Crippen LogP contribution in [0.25, 0.3) is 0 Å². The summed E-state index contributed by atoms with van der Waals surface area (Å²) in [5, 5.41) is 11.0. The maximum absolute atomic E-state index is 14.8. The number of carbonyl (C=O) groups excluding carboxylic acids is 2. The summed E-state index contributed by atoms with van der Waals surface area (Å²) in [6.07, 6.45) is 4.51. The van der Waals surface area contributed by atoms with Crippen molar-refractivity contribution in [3.63, 3.8) is 0 Å². The van der Waals surface area contributed by atoms with Gasteiger partial charge in [0.25, 0.3) is 0 Å². The molecule has 4 rings (SSSR count). The first kappa shape index (κ1) is 33.7. The quantitative estimate of drug-likeness (QED) is 0.216. The van der Waals surface area contributed by atoms with E-state index in [9.17, 15) is 18.4 Å². The second kappa shape index (κ2) is 16.8. The van der Waals surface area contributed by atoms with Gasteiger partial charge in [-0.3, -0.25) is 9.78 Å². The molecule has 0 saturated carbocycles.